The van der Waals surface area contributed by atoms with Gasteiger partial charge in [-0.3, -0.25) is 4.79 Å². The molecule has 0 unspecified atom stereocenters. The first kappa shape index (κ1) is 23.4. The van der Waals surface area contributed by atoms with Crippen molar-refractivity contribution in [3.05, 3.63) is 94.6 Å². The maximum Gasteiger partial charge on any atom is 0.257 e. The van der Waals surface area contributed by atoms with Gasteiger partial charge < -0.3 is 20.4 Å². The van der Waals surface area contributed by atoms with Gasteiger partial charge in [0.15, 0.2) is 0 Å². The van der Waals surface area contributed by atoms with Crippen LogP contribution in [-0.4, -0.2) is 44.9 Å². The topological polar surface area (TPSA) is 90.6 Å². The molecule has 34 heavy (non-hydrogen) atoms. The first-order valence-corrected chi connectivity index (χ1v) is 11.1. The second-order valence-corrected chi connectivity index (χ2v) is 8.33. The lowest BCUT2D eigenvalue weighted by atomic mass is 10.0. The van der Waals surface area contributed by atoms with Crippen molar-refractivity contribution in [1.29, 1.82) is 0 Å². The van der Waals surface area contributed by atoms with E-state index in [1.807, 2.05) is 43.4 Å². The molecular weight excluding hydrogens is 452 g/mol. The number of nitrogens with zero attached hydrogens (tertiary/aromatic N) is 3. The van der Waals surface area contributed by atoms with Gasteiger partial charge in [-0.15, -0.1) is 0 Å². The molecule has 3 N–H and O–H groups in total. The molecular formula is C26H25ClN4O3. The number of aromatic nitrogens is 2. The second kappa shape index (κ2) is 9.99. The van der Waals surface area contributed by atoms with Crippen LogP contribution in [0, 0.1) is 0 Å². The number of hydrogen-bond acceptors (Lipinski definition) is 5. The Hall–Kier alpha value is -3.81. The van der Waals surface area contributed by atoms with Crippen LogP contribution in [0.25, 0.3) is 16.9 Å². The molecule has 8 heteroatoms. The summed E-state index contributed by atoms with van der Waals surface area (Å²) in [6.07, 6.45) is 1.58. The SMILES string of the molecule is CNCc1ccccc1CN(C)C(=O)c1cc(-c2ccnn2-c2ccccc2Cl)c(O)cc1O. The summed E-state index contributed by atoms with van der Waals surface area (Å²) in [5, 5.41) is 29.1. The number of para-hydroxylation sites is 1. The van der Waals surface area contributed by atoms with Gasteiger partial charge in [0.1, 0.15) is 11.5 Å². The van der Waals surface area contributed by atoms with E-state index in [-0.39, 0.29) is 23.0 Å². The van der Waals surface area contributed by atoms with Crippen LogP contribution in [0.5, 0.6) is 11.5 Å². The van der Waals surface area contributed by atoms with E-state index in [1.54, 1.807) is 36.1 Å². The Balaban J connectivity index is 1.69. The Bertz CT molecular complexity index is 1340. The molecule has 1 heterocycles. The van der Waals surface area contributed by atoms with E-state index in [9.17, 15) is 15.0 Å². The number of aromatic hydroxyl groups is 2. The number of benzene rings is 3. The molecule has 0 aliphatic rings. The van der Waals surface area contributed by atoms with Crippen molar-refractivity contribution in [2.45, 2.75) is 13.1 Å². The molecule has 7 nitrogen and oxygen atoms in total. The number of hydrogen-bond donors (Lipinski definition) is 3. The molecule has 174 valence electrons. The van der Waals surface area contributed by atoms with E-state index in [0.717, 1.165) is 11.1 Å². The number of carbonyl (C=O) groups excluding carboxylic acids is 1. The largest absolute Gasteiger partial charge is 0.507 e. The van der Waals surface area contributed by atoms with E-state index in [2.05, 4.69) is 10.4 Å². The van der Waals surface area contributed by atoms with Gasteiger partial charge >= 0.3 is 0 Å². The molecule has 3 aromatic carbocycles. The fourth-order valence-corrected chi connectivity index (χ4v) is 4.10. The molecule has 0 saturated carbocycles. The van der Waals surface area contributed by atoms with Gasteiger partial charge in [0.2, 0.25) is 0 Å². The van der Waals surface area contributed by atoms with Crippen molar-refractivity contribution in [1.82, 2.24) is 20.0 Å². The monoisotopic (exact) mass is 476 g/mol. The predicted octanol–water partition coefficient (Wildman–Crippen LogP) is 4.60. The van der Waals surface area contributed by atoms with Crippen LogP contribution in [-0.2, 0) is 13.1 Å². The minimum absolute atomic E-state index is 0.0771. The number of carbonyl (C=O) groups is 1. The average molecular weight is 477 g/mol. The van der Waals surface area contributed by atoms with Crippen LogP contribution in [0.3, 0.4) is 0 Å². The van der Waals surface area contributed by atoms with Gasteiger partial charge in [-0.2, -0.15) is 5.10 Å². The second-order valence-electron chi connectivity index (χ2n) is 7.93. The zero-order valence-corrected chi connectivity index (χ0v) is 19.6. The highest BCUT2D eigenvalue weighted by Gasteiger charge is 2.22. The fraction of sp³-hybridized carbons (Fsp3) is 0.154. The summed E-state index contributed by atoms with van der Waals surface area (Å²) in [7, 11) is 3.55. The van der Waals surface area contributed by atoms with Crippen LogP contribution in [0.4, 0.5) is 0 Å². The molecule has 4 aromatic rings. The number of nitrogens with one attached hydrogen (secondary N) is 1. The Morgan fingerprint density at radius 3 is 2.47 bits per heavy atom. The van der Waals surface area contributed by atoms with Gasteiger partial charge in [0, 0.05) is 31.8 Å². The molecule has 0 bridgehead atoms. The van der Waals surface area contributed by atoms with Gasteiger partial charge in [-0.05, 0) is 42.4 Å². The van der Waals surface area contributed by atoms with Crippen molar-refractivity contribution < 1.29 is 15.0 Å². The van der Waals surface area contributed by atoms with Crippen LogP contribution < -0.4 is 5.32 Å². The van der Waals surface area contributed by atoms with Crippen molar-refractivity contribution in [2.24, 2.45) is 0 Å². The Morgan fingerprint density at radius 2 is 1.74 bits per heavy atom. The van der Waals surface area contributed by atoms with Gasteiger partial charge in [0.05, 0.1) is 28.2 Å². The van der Waals surface area contributed by atoms with Gasteiger partial charge in [-0.1, -0.05) is 48.0 Å². The highest BCUT2D eigenvalue weighted by atomic mass is 35.5. The number of phenolic OH excluding ortho intramolecular Hbond substituents is 2. The molecule has 0 atom stereocenters. The smallest absolute Gasteiger partial charge is 0.257 e. The molecule has 0 aliphatic heterocycles. The fourth-order valence-electron chi connectivity index (χ4n) is 3.88. The quantitative estimate of drug-likeness (QED) is 0.363. The predicted molar refractivity (Wildman–Crippen MR) is 132 cm³/mol. The number of phenols is 2. The molecule has 1 amide bonds. The molecule has 1 aromatic heterocycles. The van der Waals surface area contributed by atoms with Gasteiger partial charge in [-0.25, -0.2) is 4.68 Å². The molecule has 0 spiro atoms. The van der Waals surface area contributed by atoms with Gasteiger partial charge in [0.25, 0.3) is 5.91 Å². The summed E-state index contributed by atoms with van der Waals surface area (Å²) < 4.78 is 1.58. The van der Waals surface area contributed by atoms with Crippen LogP contribution >= 0.6 is 11.6 Å². The highest BCUT2D eigenvalue weighted by molar-refractivity contribution is 6.32. The zero-order valence-electron chi connectivity index (χ0n) is 18.9. The molecule has 0 aliphatic carbocycles. The van der Waals surface area contributed by atoms with E-state index in [1.165, 1.54) is 17.0 Å². The Labute approximate surface area is 202 Å². The average Bonchev–Trinajstić information content (AvgIpc) is 3.30. The summed E-state index contributed by atoms with van der Waals surface area (Å²) in [5.41, 5.74) is 3.67. The third kappa shape index (κ3) is 4.62. The number of rotatable bonds is 7. The van der Waals surface area contributed by atoms with Crippen LogP contribution in [0.15, 0.2) is 72.9 Å². The van der Waals surface area contributed by atoms with E-state index in [4.69, 9.17) is 11.6 Å². The summed E-state index contributed by atoms with van der Waals surface area (Å²) in [6.45, 7) is 1.04. The summed E-state index contributed by atoms with van der Waals surface area (Å²) >= 11 is 6.35. The van der Waals surface area contributed by atoms with E-state index >= 15 is 0 Å². The summed E-state index contributed by atoms with van der Waals surface area (Å²) in [6, 6.07) is 19.4. The van der Waals surface area contributed by atoms with Crippen molar-refractivity contribution in [2.75, 3.05) is 14.1 Å². The summed E-state index contributed by atoms with van der Waals surface area (Å²) in [4.78, 5) is 14.8. The maximum atomic E-state index is 13.3. The molecule has 4 rings (SSSR count). The normalized spacial score (nSPS) is 10.9. The minimum Gasteiger partial charge on any atom is -0.507 e. The lowest BCUT2D eigenvalue weighted by molar-refractivity contribution is 0.0782. The first-order chi connectivity index (χ1) is 16.4. The van der Waals surface area contributed by atoms with Crippen molar-refractivity contribution in [3.63, 3.8) is 0 Å². The maximum absolute atomic E-state index is 13.3. The standard InChI is InChI=1S/C26H25ClN4O3/c1-28-15-17-7-3-4-8-18(17)16-30(2)26(34)20-13-19(24(32)14-25(20)33)22-11-12-29-31(22)23-10-6-5-9-21(23)27/h3-14,28,32-33H,15-16H2,1-2H3. The first-order valence-electron chi connectivity index (χ1n) is 10.7. The minimum atomic E-state index is -0.373. The lowest BCUT2D eigenvalue weighted by Crippen LogP contribution is -2.27. The van der Waals surface area contributed by atoms with E-state index < -0.39 is 0 Å². The summed E-state index contributed by atoms with van der Waals surface area (Å²) in [5.74, 6) is -0.850. The van der Waals surface area contributed by atoms with E-state index in [0.29, 0.717) is 35.1 Å². The number of halogens is 1. The molecule has 0 fully saturated rings. The van der Waals surface area contributed by atoms with Crippen LogP contribution in [0.2, 0.25) is 5.02 Å². The highest BCUT2D eigenvalue weighted by Crippen LogP contribution is 2.37. The lowest BCUT2D eigenvalue weighted by Gasteiger charge is -2.21. The Morgan fingerprint density at radius 1 is 1.03 bits per heavy atom. The number of amides is 1. The van der Waals surface area contributed by atoms with Crippen molar-refractivity contribution in [3.8, 4) is 28.4 Å². The Kier molecular flexibility index (Phi) is 6.86. The van der Waals surface area contributed by atoms with Crippen molar-refractivity contribution >= 4 is 17.5 Å². The van der Waals surface area contributed by atoms with Crippen LogP contribution in [0.1, 0.15) is 21.5 Å². The third-order valence-electron chi connectivity index (χ3n) is 5.58. The third-order valence-corrected chi connectivity index (χ3v) is 5.90. The molecule has 0 radical (unpaired) electrons. The zero-order chi connectivity index (χ0) is 24.2. The molecule has 0 saturated heterocycles.